The molecule has 1 saturated heterocycles. The van der Waals surface area contributed by atoms with Gasteiger partial charge in [-0.3, -0.25) is 4.21 Å². The first-order valence-corrected chi connectivity index (χ1v) is 7.24. The first-order chi connectivity index (χ1) is 6.12. The molecule has 0 spiro atoms. The van der Waals surface area contributed by atoms with Gasteiger partial charge in [-0.15, -0.1) is 0 Å². The van der Waals surface area contributed by atoms with E-state index in [0.717, 1.165) is 6.42 Å². The lowest BCUT2D eigenvalue weighted by molar-refractivity contribution is -0.00621. The fraction of sp³-hybridized carbons (Fsp3) is 0.909. The smallest absolute Gasteiger partial charge is 0.0670 e. The molecule has 0 saturated carbocycles. The number of rotatable bonds is 1. The van der Waals surface area contributed by atoms with Gasteiger partial charge in [0.15, 0.2) is 0 Å². The third-order valence-electron chi connectivity index (χ3n) is 2.74. The van der Waals surface area contributed by atoms with Gasteiger partial charge in [0.2, 0.25) is 0 Å². The maximum Gasteiger partial charge on any atom is 0.0670 e. The predicted molar refractivity (Wildman–Crippen MR) is 63.3 cm³/mol. The fourth-order valence-corrected chi connectivity index (χ4v) is 3.85. The van der Waals surface area contributed by atoms with E-state index in [0.29, 0.717) is 24.3 Å². The van der Waals surface area contributed by atoms with Crippen LogP contribution in [-0.4, -0.2) is 32.3 Å². The average Bonchev–Trinajstić information content (AvgIpc) is 1.93. The molecule has 0 aliphatic carbocycles. The van der Waals surface area contributed by atoms with Crippen LogP contribution < -0.4 is 0 Å². The second kappa shape index (κ2) is 3.53. The van der Waals surface area contributed by atoms with Crippen LogP contribution in [0.4, 0.5) is 0 Å². The second-order valence-electron chi connectivity index (χ2n) is 5.84. The zero-order valence-electron chi connectivity index (χ0n) is 9.51. The monoisotopic (exact) mass is 218 g/mol. The van der Waals surface area contributed by atoms with Crippen molar-refractivity contribution in [1.29, 1.82) is 0 Å². The van der Waals surface area contributed by atoms with Gasteiger partial charge >= 0.3 is 0 Å². The molecular weight excluding hydrogens is 196 g/mol. The van der Waals surface area contributed by atoms with Crippen LogP contribution in [0.1, 0.15) is 40.0 Å². The SMILES string of the molecule is C=S1(=O)CCC(O)(CC(C)(C)C)CC1. The molecule has 1 N–H and O–H groups in total. The first kappa shape index (κ1) is 12.1. The maximum absolute atomic E-state index is 11.6. The normalized spacial score (nSPS) is 39.7. The molecule has 0 bridgehead atoms. The van der Waals surface area contributed by atoms with Gasteiger partial charge in [-0.1, -0.05) is 20.8 Å². The summed E-state index contributed by atoms with van der Waals surface area (Å²) in [5.41, 5.74) is -0.467. The van der Waals surface area contributed by atoms with Gasteiger partial charge < -0.3 is 5.11 Å². The molecule has 0 radical (unpaired) electrons. The Morgan fingerprint density at radius 1 is 1.36 bits per heavy atom. The molecule has 14 heavy (non-hydrogen) atoms. The van der Waals surface area contributed by atoms with Gasteiger partial charge in [0, 0.05) is 11.5 Å². The van der Waals surface area contributed by atoms with Crippen molar-refractivity contribution in [1.82, 2.24) is 0 Å². The lowest BCUT2D eigenvalue weighted by Crippen LogP contribution is -2.41. The third kappa shape index (κ3) is 3.62. The van der Waals surface area contributed by atoms with Gasteiger partial charge in [0.25, 0.3) is 0 Å². The van der Waals surface area contributed by atoms with Crippen molar-refractivity contribution in [2.24, 2.45) is 5.41 Å². The van der Waals surface area contributed by atoms with E-state index in [2.05, 4.69) is 26.6 Å². The van der Waals surface area contributed by atoms with Crippen LogP contribution >= 0.6 is 0 Å². The Morgan fingerprint density at radius 2 is 1.79 bits per heavy atom. The molecule has 1 rings (SSSR count). The zero-order valence-corrected chi connectivity index (χ0v) is 10.3. The van der Waals surface area contributed by atoms with Crippen LogP contribution in [0.5, 0.6) is 0 Å². The summed E-state index contributed by atoms with van der Waals surface area (Å²) in [5, 5.41) is 10.3. The molecule has 1 fully saturated rings. The molecule has 84 valence electrons. The molecule has 0 atom stereocenters. The molecule has 3 heteroatoms. The van der Waals surface area contributed by atoms with Crippen LogP contribution in [0, 0.1) is 5.41 Å². The van der Waals surface area contributed by atoms with E-state index in [1.54, 1.807) is 0 Å². The van der Waals surface area contributed by atoms with Crippen molar-refractivity contribution in [2.45, 2.75) is 45.6 Å². The predicted octanol–water partition coefficient (Wildman–Crippen LogP) is 1.66. The van der Waals surface area contributed by atoms with E-state index in [1.165, 1.54) is 0 Å². The van der Waals surface area contributed by atoms with Gasteiger partial charge in [0.1, 0.15) is 0 Å². The highest BCUT2D eigenvalue weighted by Gasteiger charge is 2.36. The van der Waals surface area contributed by atoms with Gasteiger partial charge in [-0.2, -0.15) is 0 Å². The second-order valence-corrected chi connectivity index (χ2v) is 8.58. The number of hydrogen-bond donors (Lipinski definition) is 1. The molecule has 0 amide bonds. The number of aliphatic hydroxyl groups is 1. The van der Waals surface area contributed by atoms with Crippen molar-refractivity contribution in [2.75, 3.05) is 11.5 Å². The summed E-state index contributed by atoms with van der Waals surface area (Å²) in [4.78, 5) is 0. The van der Waals surface area contributed by atoms with E-state index < -0.39 is 15.1 Å². The summed E-state index contributed by atoms with van der Waals surface area (Å²) in [6.45, 7) is 6.38. The molecule has 1 heterocycles. The van der Waals surface area contributed by atoms with E-state index >= 15 is 0 Å². The van der Waals surface area contributed by atoms with Gasteiger partial charge in [-0.25, -0.2) is 0 Å². The maximum atomic E-state index is 11.6. The van der Waals surface area contributed by atoms with Crippen LogP contribution in [0.25, 0.3) is 0 Å². The quantitative estimate of drug-likeness (QED) is 0.680. The van der Waals surface area contributed by atoms with E-state index in [1.807, 2.05) is 0 Å². The molecule has 2 nitrogen and oxygen atoms in total. The molecule has 1 aliphatic heterocycles. The molecule has 0 aromatic heterocycles. The van der Waals surface area contributed by atoms with E-state index in [4.69, 9.17) is 0 Å². The van der Waals surface area contributed by atoms with E-state index in [-0.39, 0.29) is 5.41 Å². The van der Waals surface area contributed by atoms with Crippen LogP contribution in [0.3, 0.4) is 0 Å². The van der Waals surface area contributed by atoms with Gasteiger partial charge in [-0.05, 0) is 40.1 Å². The summed E-state index contributed by atoms with van der Waals surface area (Å²) in [6.07, 6.45) is 2.08. The highest BCUT2D eigenvalue weighted by atomic mass is 32.2. The summed E-state index contributed by atoms with van der Waals surface area (Å²) in [6, 6.07) is 0. The molecule has 0 unspecified atom stereocenters. The third-order valence-corrected chi connectivity index (χ3v) is 4.63. The highest BCUT2D eigenvalue weighted by molar-refractivity contribution is 8.00. The Labute approximate surface area is 87.7 Å². The van der Waals surface area contributed by atoms with Crippen molar-refractivity contribution < 1.29 is 9.32 Å². The van der Waals surface area contributed by atoms with Crippen LogP contribution in [0.15, 0.2) is 0 Å². The largest absolute Gasteiger partial charge is 0.390 e. The van der Waals surface area contributed by atoms with Crippen molar-refractivity contribution in [3.63, 3.8) is 0 Å². The highest BCUT2D eigenvalue weighted by Crippen LogP contribution is 2.35. The minimum atomic E-state index is -1.87. The topological polar surface area (TPSA) is 37.3 Å². The Bertz CT molecular complexity index is 282. The average molecular weight is 218 g/mol. The Morgan fingerprint density at radius 3 is 2.14 bits per heavy atom. The Balaban J connectivity index is 2.63. The summed E-state index contributed by atoms with van der Waals surface area (Å²) < 4.78 is 11.6. The van der Waals surface area contributed by atoms with Gasteiger partial charge in [0.05, 0.1) is 5.60 Å². The molecular formula is C11H22O2S. The lowest BCUT2D eigenvalue weighted by atomic mass is 9.79. The summed E-state index contributed by atoms with van der Waals surface area (Å²) >= 11 is 0. The van der Waals surface area contributed by atoms with Crippen molar-refractivity contribution in [3.8, 4) is 0 Å². The molecule has 0 aromatic carbocycles. The number of hydrogen-bond acceptors (Lipinski definition) is 2. The zero-order chi connectivity index (χ0) is 11.0. The summed E-state index contributed by atoms with van der Waals surface area (Å²) in [5.74, 6) is 4.87. The standard InChI is InChI=1S/C11H22O2S/c1-10(2,3)9-11(12)5-7-14(4,13)8-6-11/h12H,4-9H2,1-3H3. The van der Waals surface area contributed by atoms with Crippen molar-refractivity contribution >= 4 is 15.4 Å². The first-order valence-electron chi connectivity index (χ1n) is 5.17. The Hall–Kier alpha value is -0.0200. The van der Waals surface area contributed by atoms with Crippen LogP contribution in [0.2, 0.25) is 0 Å². The molecule has 0 aromatic rings. The lowest BCUT2D eigenvalue weighted by Gasteiger charge is -2.38. The molecule has 1 aliphatic rings. The summed E-state index contributed by atoms with van der Waals surface area (Å²) in [7, 11) is -1.87. The fourth-order valence-electron chi connectivity index (χ4n) is 2.14. The minimum Gasteiger partial charge on any atom is -0.390 e. The minimum absolute atomic E-state index is 0.133. The Kier molecular flexibility index (Phi) is 3.04. The van der Waals surface area contributed by atoms with Crippen molar-refractivity contribution in [3.05, 3.63) is 0 Å². The van der Waals surface area contributed by atoms with E-state index in [9.17, 15) is 9.32 Å². The van der Waals surface area contributed by atoms with Crippen LogP contribution in [-0.2, 0) is 9.52 Å².